The van der Waals surface area contributed by atoms with Gasteiger partial charge in [-0.15, -0.1) is 0 Å². The molecule has 4 saturated carbocycles. The highest BCUT2D eigenvalue weighted by molar-refractivity contribution is 5.79. The zero-order chi connectivity index (χ0) is 62.2. The first-order valence-corrected chi connectivity index (χ1v) is 30.3. The fraction of sp³-hybridized carbons (Fsp3) is 0.948. The van der Waals surface area contributed by atoms with Gasteiger partial charge in [-0.05, 0) is 106 Å². The van der Waals surface area contributed by atoms with E-state index in [0.717, 1.165) is 5.57 Å². The number of rotatable bonds is 12. The quantitative estimate of drug-likeness (QED) is 0.0504. The van der Waals surface area contributed by atoms with Crippen LogP contribution >= 0.6 is 0 Å². The molecule has 0 unspecified atom stereocenters. The van der Waals surface area contributed by atoms with Crippen molar-refractivity contribution < 1.29 is 134 Å². The van der Waals surface area contributed by atoms with Crippen LogP contribution < -0.4 is 0 Å². The summed E-state index contributed by atoms with van der Waals surface area (Å²) in [7, 11) is 0. The summed E-state index contributed by atoms with van der Waals surface area (Å²) in [5, 5.41) is 177. The van der Waals surface area contributed by atoms with E-state index in [1.807, 2.05) is 13.8 Å². The molecule has 0 aromatic carbocycles. The van der Waals surface area contributed by atoms with Crippen molar-refractivity contribution in [3.63, 3.8) is 0 Å². The SMILES string of the molecule is C[C@@H]1O[C@@H](O[C@@H]2[C@@H](O)[C@H](C)O[C@@H](OC[C@H]3O[C@@H](OC(=O)[C@]45CC[C@](C)(O)[C@H](C)[C@H]4C4=CC[C@@H]6[C@@]7(C)C[C@@H](O)[C@H](O[C@@H]8OC[C@H](O)[C@H](O[C@@H]9OC[C@@H](O)[C@H](O)[C@H]9O)[C@H]8O)[C@@](C)(CO)[C@@H]7CC[C@@]6(C)[C@]4(C)CC5)[C@H](O)[C@@H](O)[C@@H]3O)[C@@H]2O)[C@H](O)[C@H](O)[C@H]1O. The number of hydrogen-bond acceptors (Lipinski definition) is 27. The molecule has 5 aliphatic heterocycles. The molecule has 16 N–H and O–H groups in total. The van der Waals surface area contributed by atoms with E-state index >= 15 is 4.79 Å². The van der Waals surface area contributed by atoms with Gasteiger partial charge in [0, 0.05) is 11.3 Å². The third-order valence-corrected chi connectivity index (χ3v) is 23.2. The average molecular weight is 1220 g/mol. The van der Waals surface area contributed by atoms with Gasteiger partial charge in [0.25, 0.3) is 0 Å². The molecule has 5 aliphatic carbocycles. The lowest BCUT2D eigenvalue weighted by atomic mass is 9.33. The number of fused-ring (bicyclic) bond motifs is 7. The average Bonchev–Trinajstić information content (AvgIpc) is 0.690. The highest BCUT2D eigenvalue weighted by atomic mass is 16.8. The van der Waals surface area contributed by atoms with E-state index in [9.17, 15) is 81.7 Å². The molecule has 10 aliphatic rings. The Hall–Kier alpha value is -1.79. The van der Waals surface area contributed by atoms with E-state index in [4.69, 9.17) is 47.4 Å². The van der Waals surface area contributed by atoms with Gasteiger partial charge in [-0.3, -0.25) is 4.79 Å². The van der Waals surface area contributed by atoms with Crippen LogP contribution in [-0.2, 0) is 52.2 Å². The maximum Gasteiger partial charge on any atom is 0.315 e. The minimum absolute atomic E-state index is 0.107. The molecule has 35 atom stereocenters. The molecule has 0 aromatic rings. The lowest BCUT2D eigenvalue weighted by molar-refractivity contribution is -0.359. The van der Waals surface area contributed by atoms with Gasteiger partial charge in [-0.2, -0.15) is 0 Å². The number of aliphatic hydroxyl groups excluding tert-OH is 15. The van der Waals surface area contributed by atoms with E-state index in [-0.39, 0.29) is 50.7 Å². The largest absolute Gasteiger partial charge is 0.432 e. The topological polar surface area (TPSA) is 433 Å². The summed E-state index contributed by atoms with van der Waals surface area (Å²) < 4.78 is 58.5. The Morgan fingerprint density at radius 1 is 0.576 bits per heavy atom. The minimum Gasteiger partial charge on any atom is -0.432 e. The van der Waals surface area contributed by atoms with Gasteiger partial charge in [0.05, 0.1) is 61.9 Å². The summed E-state index contributed by atoms with van der Waals surface area (Å²) >= 11 is 0. The second-order valence-electron chi connectivity index (χ2n) is 27.9. The maximum atomic E-state index is 15.3. The zero-order valence-electron chi connectivity index (χ0n) is 49.5. The molecule has 10 rings (SSSR count). The molecule has 27 heteroatoms. The zero-order valence-corrected chi connectivity index (χ0v) is 49.5. The Morgan fingerprint density at radius 2 is 1.15 bits per heavy atom. The summed E-state index contributed by atoms with van der Waals surface area (Å²) in [5.41, 5.74) is -4.41. The van der Waals surface area contributed by atoms with Crippen molar-refractivity contribution in [3.8, 4) is 0 Å². The molecular formula is C58H94O27. The van der Waals surface area contributed by atoms with Crippen molar-refractivity contribution in [3.05, 3.63) is 11.6 Å². The second kappa shape index (κ2) is 24.0. The van der Waals surface area contributed by atoms with E-state index in [1.165, 1.54) is 13.8 Å². The lowest BCUT2D eigenvalue weighted by Crippen LogP contribution is -2.70. The summed E-state index contributed by atoms with van der Waals surface area (Å²) in [6.45, 7) is 13.1. The maximum absolute atomic E-state index is 15.3. The molecule has 27 nitrogen and oxygen atoms in total. The Kier molecular flexibility index (Phi) is 18.7. The van der Waals surface area contributed by atoms with Crippen molar-refractivity contribution in [1.82, 2.24) is 0 Å². The van der Waals surface area contributed by atoms with Gasteiger partial charge >= 0.3 is 5.97 Å². The third kappa shape index (κ3) is 10.8. The Labute approximate surface area is 493 Å². The second-order valence-corrected chi connectivity index (χ2v) is 27.9. The van der Waals surface area contributed by atoms with Crippen molar-refractivity contribution in [2.75, 3.05) is 26.4 Å². The normalized spacial score (nSPS) is 57.3. The first-order chi connectivity index (χ1) is 39.7. The van der Waals surface area contributed by atoms with Crippen LogP contribution in [0.1, 0.15) is 107 Å². The lowest BCUT2D eigenvalue weighted by Gasteiger charge is -2.72. The Balaban J connectivity index is 0.851. The van der Waals surface area contributed by atoms with Crippen molar-refractivity contribution in [2.45, 2.75) is 266 Å². The van der Waals surface area contributed by atoms with E-state index in [2.05, 4.69) is 26.8 Å². The van der Waals surface area contributed by atoms with Gasteiger partial charge in [0.1, 0.15) is 97.7 Å². The third-order valence-electron chi connectivity index (χ3n) is 23.2. The van der Waals surface area contributed by atoms with Gasteiger partial charge in [0.2, 0.25) is 6.29 Å². The number of esters is 1. The van der Waals surface area contributed by atoms with Gasteiger partial charge in [-0.1, -0.05) is 46.3 Å². The predicted molar refractivity (Wildman–Crippen MR) is 285 cm³/mol. The molecule has 85 heavy (non-hydrogen) atoms. The molecule has 0 amide bonds. The fourth-order valence-electron chi connectivity index (χ4n) is 17.6. The molecule has 9 fully saturated rings. The molecular weight excluding hydrogens is 1130 g/mol. The molecule has 488 valence electrons. The van der Waals surface area contributed by atoms with E-state index in [0.29, 0.717) is 25.7 Å². The van der Waals surface area contributed by atoms with Gasteiger partial charge in [-0.25, -0.2) is 0 Å². The minimum atomic E-state index is -1.95. The van der Waals surface area contributed by atoms with Gasteiger partial charge < -0.3 is 129 Å². The summed E-state index contributed by atoms with van der Waals surface area (Å²) in [6.07, 6.45) is -33.4. The van der Waals surface area contributed by atoms with Gasteiger partial charge in [0.15, 0.2) is 25.2 Å². The van der Waals surface area contributed by atoms with Crippen molar-refractivity contribution in [2.24, 2.45) is 50.7 Å². The first-order valence-electron chi connectivity index (χ1n) is 30.3. The highest BCUT2D eigenvalue weighted by Crippen LogP contribution is 2.76. The first kappa shape index (κ1) is 66.1. The molecule has 0 aromatic heterocycles. The van der Waals surface area contributed by atoms with E-state index < -0.39 is 217 Å². The van der Waals surface area contributed by atoms with Crippen LogP contribution in [-0.4, -0.2) is 273 Å². The summed E-state index contributed by atoms with van der Waals surface area (Å²) in [6, 6.07) is 0. The van der Waals surface area contributed by atoms with Crippen molar-refractivity contribution >= 4 is 5.97 Å². The highest BCUT2D eigenvalue weighted by Gasteiger charge is 2.72. The van der Waals surface area contributed by atoms with Crippen LogP contribution in [0.15, 0.2) is 11.6 Å². The number of carbonyl (C=O) groups is 1. The monoisotopic (exact) mass is 1220 g/mol. The summed E-state index contributed by atoms with van der Waals surface area (Å²) in [5.74, 6) is -2.24. The number of aliphatic hydroxyl groups is 16. The van der Waals surface area contributed by atoms with Crippen LogP contribution in [0.5, 0.6) is 0 Å². The summed E-state index contributed by atoms with van der Waals surface area (Å²) in [4.78, 5) is 15.3. The molecule has 5 saturated heterocycles. The van der Waals surface area contributed by atoms with Crippen LogP contribution in [0.4, 0.5) is 0 Å². The predicted octanol–water partition coefficient (Wildman–Crippen LogP) is -3.96. The Bertz CT molecular complexity index is 2390. The molecule has 0 spiro atoms. The number of ether oxygens (including phenoxy) is 10. The smallest absolute Gasteiger partial charge is 0.315 e. The number of hydrogen-bond donors (Lipinski definition) is 16. The Morgan fingerprint density at radius 3 is 1.84 bits per heavy atom. The molecule has 0 bridgehead atoms. The number of carbonyl (C=O) groups excluding carboxylic acids is 1. The van der Waals surface area contributed by atoms with E-state index in [1.54, 1.807) is 6.92 Å². The molecule has 0 radical (unpaired) electrons. The fourth-order valence-corrected chi connectivity index (χ4v) is 17.6. The van der Waals surface area contributed by atoms with Crippen LogP contribution in [0.25, 0.3) is 0 Å². The van der Waals surface area contributed by atoms with Crippen LogP contribution in [0, 0.1) is 50.7 Å². The van der Waals surface area contributed by atoms with Crippen LogP contribution in [0.3, 0.4) is 0 Å². The standard InChI is InChI=1S/C58H94O27/c1-22-32-25-9-10-31-53(4)17-26(60)46(84-49-42(72)44(28(62)19-77-49)82-47-39(69)35(65)27(61)18-76-47)54(5,21-59)30(53)11-12-56(31,7)55(25,6)13-15-58(32,16-14-57(22,8)75)52(74)85-51-41(71)38(68)36(66)29(81-51)20-78-48-43(73)45(34(64)24(3)79-48)83-50-40(70)37(67)33(63)23(2)80-50/h9,22-24,26-51,59-73,75H,10-21H2,1-8H3/t22-,23+,24+,26-,27-,28+,29-,30-,31-,32+,33+,34+,35+,36-,37-,38+,39-,40-,41-,42-,43-,44+,45-,46+,47+,48-,49+,50+,51+,53+,54+,55-,56-,57+,58-/m1/s1. The van der Waals surface area contributed by atoms with Crippen LogP contribution in [0.2, 0.25) is 0 Å². The molecule has 5 heterocycles. The number of allylic oxidation sites excluding steroid dienone is 2. The van der Waals surface area contributed by atoms with Crippen molar-refractivity contribution in [1.29, 1.82) is 0 Å².